The summed E-state index contributed by atoms with van der Waals surface area (Å²) in [5.41, 5.74) is 9.71. The van der Waals surface area contributed by atoms with Crippen LogP contribution in [0, 0.1) is 13.8 Å². The Labute approximate surface area is 203 Å². The largest absolute Gasteiger partial charge is 0.350 e. The van der Waals surface area contributed by atoms with Gasteiger partial charge in [-0.15, -0.1) is 12.4 Å². The number of aryl methyl sites for hydroxylation is 1. The predicted octanol–water partition coefficient (Wildman–Crippen LogP) is 6.98. The molecule has 4 heteroatoms. The van der Waals surface area contributed by atoms with E-state index in [4.69, 9.17) is 4.98 Å². The number of hydrogen-bond donors (Lipinski definition) is 0. The maximum absolute atomic E-state index is 4.91. The maximum atomic E-state index is 4.91. The number of aromatic nitrogens is 2. The highest BCUT2D eigenvalue weighted by Crippen LogP contribution is 2.34. The van der Waals surface area contributed by atoms with Gasteiger partial charge in [0.1, 0.15) is 0 Å². The molecule has 3 heterocycles. The average Bonchev–Trinajstić information content (AvgIpc) is 3.03. The molecule has 0 unspecified atom stereocenters. The second-order valence-corrected chi connectivity index (χ2v) is 10.2. The van der Waals surface area contributed by atoms with Crippen molar-refractivity contribution in [2.75, 3.05) is 11.4 Å². The van der Waals surface area contributed by atoms with Gasteiger partial charge in [-0.3, -0.25) is 0 Å². The van der Waals surface area contributed by atoms with Crippen LogP contribution in [0.2, 0.25) is 0 Å². The number of halogens is 1. The smallest absolute Gasteiger partial charge is 0.153 e. The minimum absolute atomic E-state index is 0. The molecule has 0 radical (unpaired) electrons. The molecular weight excluding hydrogens is 426 g/mol. The van der Waals surface area contributed by atoms with Crippen molar-refractivity contribution >= 4 is 29.1 Å². The van der Waals surface area contributed by atoms with E-state index in [1.165, 1.54) is 44.4 Å². The quantitative estimate of drug-likeness (QED) is 0.329. The molecule has 0 bridgehead atoms. The molecule has 1 aliphatic rings. The van der Waals surface area contributed by atoms with Crippen LogP contribution in [0.15, 0.2) is 60.8 Å². The van der Waals surface area contributed by atoms with Gasteiger partial charge in [0, 0.05) is 36.9 Å². The molecule has 0 amide bonds. The first-order chi connectivity index (χ1) is 15.3. The Balaban J connectivity index is 0.00000259. The van der Waals surface area contributed by atoms with Crippen molar-refractivity contribution in [3.05, 3.63) is 94.3 Å². The van der Waals surface area contributed by atoms with Crippen LogP contribution in [0.3, 0.4) is 0 Å². The standard InChI is InChI=1S/C29H33N3.ClH/c1-20-21(2)32(18-22-10-12-25(13-11-22)29(3,4)5)27-26(20)14-16-30-28(27)31-17-15-23-8-6-7-9-24(23)19-31;/h6-14,16H,15,17-19H2,1-5H3;1H. The molecule has 0 saturated heterocycles. The van der Waals surface area contributed by atoms with E-state index >= 15 is 0 Å². The second kappa shape index (κ2) is 8.87. The monoisotopic (exact) mass is 459 g/mol. The van der Waals surface area contributed by atoms with E-state index in [1.54, 1.807) is 0 Å². The molecule has 0 N–H and O–H groups in total. The third-order valence-corrected chi connectivity index (χ3v) is 7.12. The number of pyridine rings is 1. The highest BCUT2D eigenvalue weighted by atomic mass is 35.5. The van der Waals surface area contributed by atoms with Crippen LogP contribution in [-0.2, 0) is 24.9 Å². The summed E-state index contributed by atoms with van der Waals surface area (Å²) in [5.74, 6) is 1.11. The Hall–Kier alpha value is -2.78. The fourth-order valence-electron chi connectivity index (χ4n) is 4.97. The SMILES string of the molecule is Cc1c(C)n(Cc2ccc(C(C)(C)C)cc2)c2c(N3CCc4ccccc4C3)nccc12.Cl. The van der Waals surface area contributed by atoms with Gasteiger partial charge in [-0.2, -0.15) is 0 Å². The van der Waals surface area contributed by atoms with Gasteiger partial charge in [0.25, 0.3) is 0 Å². The summed E-state index contributed by atoms with van der Waals surface area (Å²) in [5, 5.41) is 1.32. The lowest BCUT2D eigenvalue weighted by Crippen LogP contribution is -2.31. The molecule has 33 heavy (non-hydrogen) atoms. The van der Waals surface area contributed by atoms with Crippen molar-refractivity contribution in [1.29, 1.82) is 0 Å². The minimum Gasteiger partial charge on any atom is -0.350 e. The fraction of sp³-hybridized carbons (Fsp3) is 0.345. The molecule has 0 atom stereocenters. The van der Waals surface area contributed by atoms with Crippen LogP contribution < -0.4 is 4.90 Å². The van der Waals surface area contributed by atoms with Crippen LogP contribution in [0.5, 0.6) is 0 Å². The van der Waals surface area contributed by atoms with Crippen LogP contribution in [0.4, 0.5) is 5.82 Å². The summed E-state index contributed by atoms with van der Waals surface area (Å²) in [6.07, 6.45) is 3.05. The molecule has 0 fully saturated rings. The Bertz CT molecular complexity index is 1280. The van der Waals surface area contributed by atoms with E-state index < -0.39 is 0 Å². The van der Waals surface area contributed by atoms with Crippen molar-refractivity contribution < 1.29 is 0 Å². The summed E-state index contributed by atoms with van der Waals surface area (Å²) in [4.78, 5) is 7.37. The van der Waals surface area contributed by atoms with E-state index in [1.807, 2.05) is 6.20 Å². The van der Waals surface area contributed by atoms with E-state index in [-0.39, 0.29) is 17.8 Å². The van der Waals surface area contributed by atoms with Gasteiger partial charge in [-0.1, -0.05) is 69.3 Å². The van der Waals surface area contributed by atoms with Gasteiger partial charge in [-0.05, 0) is 59.6 Å². The van der Waals surface area contributed by atoms with E-state index in [2.05, 4.69) is 98.7 Å². The van der Waals surface area contributed by atoms with Crippen molar-refractivity contribution in [3.8, 4) is 0 Å². The van der Waals surface area contributed by atoms with Gasteiger partial charge in [0.2, 0.25) is 0 Å². The molecule has 1 aliphatic heterocycles. The van der Waals surface area contributed by atoms with Gasteiger partial charge in [0.15, 0.2) is 5.82 Å². The topological polar surface area (TPSA) is 21.1 Å². The number of hydrogen-bond acceptors (Lipinski definition) is 2. The molecule has 0 aliphatic carbocycles. The molecule has 172 valence electrons. The molecule has 5 rings (SSSR count). The lowest BCUT2D eigenvalue weighted by Gasteiger charge is -2.30. The average molecular weight is 460 g/mol. The molecule has 4 aromatic rings. The molecule has 2 aromatic heterocycles. The predicted molar refractivity (Wildman–Crippen MR) is 142 cm³/mol. The summed E-state index contributed by atoms with van der Waals surface area (Å²) >= 11 is 0. The molecule has 0 spiro atoms. The zero-order valence-corrected chi connectivity index (χ0v) is 21.2. The van der Waals surface area contributed by atoms with Gasteiger partial charge in [-0.25, -0.2) is 4.98 Å². The highest BCUT2D eigenvalue weighted by Gasteiger charge is 2.23. The minimum atomic E-state index is 0. The summed E-state index contributed by atoms with van der Waals surface area (Å²) in [6, 6.07) is 20.1. The second-order valence-electron chi connectivity index (χ2n) is 10.2. The number of rotatable bonds is 3. The highest BCUT2D eigenvalue weighted by molar-refractivity contribution is 5.93. The first kappa shape index (κ1) is 23.4. The van der Waals surface area contributed by atoms with Gasteiger partial charge >= 0.3 is 0 Å². The third-order valence-electron chi connectivity index (χ3n) is 7.12. The van der Waals surface area contributed by atoms with Crippen molar-refractivity contribution in [2.24, 2.45) is 0 Å². The summed E-state index contributed by atoms with van der Waals surface area (Å²) in [6.45, 7) is 14.1. The zero-order chi connectivity index (χ0) is 22.5. The van der Waals surface area contributed by atoms with Crippen LogP contribution in [-0.4, -0.2) is 16.1 Å². The first-order valence-electron chi connectivity index (χ1n) is 11.7. The number of anilines is 1. The fourth-order valence-corrected chi connectivity index (χ4v) is 4.97. The zero-order valence-electron chi connectivity index (χ0n) is 20.4. The number of nitrogens with zero attached hydrogens (tertiary/aromatic N) is 3. The summed E-state index contributed by atoms with van der Waals surface area (Å²) in [7, 11) is 0. The van der Waals surface area contributed by atoms with Crippen LogP contribution >= 0.6 is 12.4 Å². The van der Waals surface area contributed by atoms with E-state index in [9.17, 15) is 0 Å². The van der Waals surface area contributed by atoms with Crippen molar-refractivity contribution in [2.45, 2.75) is 59.5 Å². The number of fused-ring (bicyclic) bond motifs is 2. The molecule has 3 nitrogen and oxygen atoms in total. The van der Waals surface area contributed by atoms with Crippen molar-refractivity contribution in [1.82, 2.24) is 9.55 Å². The van der Waals surface area contributed by atoms with Crippen LogP contribution in [0.1, 0.15) is 54.3 Å². The Morgan fingerprint density at radius 3 is 2.30 bits per heavy atom. The Morgan fingerprint density at radius 2 is 1.61 bits per heavy atom. The number of benzene rings is 2. The third kappa shape index (κ3) is 4.27. The molecule has 2 aromatic carbocycles. The van der Waals surface area contributed by atoms with Gasteiger partial charge < -0.3 is 9.47 Å². The Morgan fingerprint density at radius 1 is 0.909 bits per heavy atom. The lowest BCUT2D eigenvalue weighted by atomic mass is 9.87. The lowest BCUT2D eigenvalue weighted by molar-refractivity contribution is 0.590. The normalized spacial score (nSPS) is 13.7. The van der Waals surface area contributed by atoms with Crippen molar-refractivity contribution in [3.63, 3.8) is 0 Å². The van der Waals surface area contributed by atoms with E-state index in [0.717, 1.165) is 31.9 Å². The van der Waals surface area contributed by atoms with E-state index in [0.29, 0.717) is 0 Å². The Kier molecular flexibility index (Phi) is 6.28. The molecule has 0 saturated carbocycles. The first-order valence-corrected chi connectivity index (χ1v) is 11.7. The van der Waals surface area contributed by atoms with Crippen LogP contribution in [0.25, 0.3) is 10.9 Å². The molecular formula is C29H34ClN3. The van der Waals surface area contributed by atoms with Gasteiger partial charge in [0.05, 0.1) is 5.52 Å². The summed E-state index contributed by atoms with van der Waals surface area (Å²) < 4.78 is 2.47. The maximum Gasteiger partial charge on any atom is 0.153 e.